The summed E-state index contributed by atoms with van der Waals surface area (Å²) in [6.07, 6.45) is 2.38. The molecule has 1 unspecified atom stereocenters. The van der Waals surface area contributed by atoms with Gasteiger partial charge in [-0.15, -0.1) is 0 Å². The summed E-state index contributed by atoms with van der Waals surface area (Å²) >= 11 is 0. The van der Waals surface area contributed by atoms with E-state index in [4.69, 9.17) is 14.2 Å². The minimum atomic E-state index is -0.767. The fourth-order valence-electron chi connectivity index (χ4n) is 2.45. The molecule has 2 aromatic carbocycles. The third-order valence-corrected chi connectivity index (χ3v) is 4.13. The maximum Gasteiger partial charge on any atom is 0.262 e. The van der Waals surface area contributed by atoms with Gasteiger partial charge in [-0.2, -0.15) is 5.10 Å². The van der Waals surface area contributed by atoms with Gasteiger partial charge in [-0.1, -0.05) is 6.92 Å². The van der Waals surface area contributed by atoms with Gasteiger partial charge in [-0.05, 0) is 61.4 Å². The Kier molecular flexibility index (Phi) is 8.68. The maximum atomic E-state index is 12.2. The van der Waals surface area contributed by atoms with Gasteiger partial charge >= 0.3 is 0 Å². The predicted molar refractivity (Wildman–Crippen MR) is 114 cm³/mol. The lowest BCUT2D eigenvalue weighted by molar-refractivity contribution is -0.122. The number of nitrogens with zero attached hydrogens (tertiary/aromatic N) is 1. The van der Waals surface area contributed by atoms with Gasteiger partial charge < -0.3 is 19.5 Å². The molecule has 2 N–H and O–H groups in total. The van der Waals surface area contributed by atoms with Crippen molar-refractivity contribution in [3.8, 4) is 17.2 Å². The second kappa shape index (κ2) is 11.5. The number of hydrazone groups is 1. The normalized spacial score (nSPS) is 11.6. The number of amides is 2. The van der Waals surface area contributed by atoms with Crippen LogP contribution in [0.5, 0.6) is 17.2 Å². The quantitative estimate of drug-likeness (QED) is 0.461. The summed E-state index contributed by atoms with van der Waals surface area (Å²) in [6.45, 7) is 4.20. The number of nitrogens with one attached hydrogen (secondary N) is 2. The van der Waals surface area contributed by atoms with Crippen LogP contribution in [0.4, 0.5) is 0 Å². The van der Waals surface area contributed by atoms with E-state index in [0.717, 1.165) is 12.0 Å². The van der Waals surface area contributed by atoms with Gasteiger partial charge in [0.2, 0.25) is 0 Å². The van der Waals surface area contributed by atoms with E-state index in [1.165, 1.54) is 6.21 Å². The Morgan fingerprint density at radius 1 is 1.07 bits per heavy atom. The van der Waals surface area contributed by atoms with Crippen LogP contribution in [0.2, 0.25) is 0 Å². The molecule has 0 radical (unpaired) electrons. The molecule has 0 saturated heterocycles. The second-order valence-corrected chi connectivity index (χ2v) is 6.42. The van der Waals surface area contributed by atoms with Gasteiger partial charge in [0.05, 0.1) is 27.0 Å². The average molecular weight is 413 g/mol. The molecule has 0 heterocycles. The molecule has 0 aliphatic rings. The highest BCUT2D eigenvalue weighted by molar-refractivity contribution is 5.97. The molecule has 0 aliphatic heterocycles. The summed E-state index contributed by atoms with van der Waals surface area (Å²) in [5.41, 5.74) is 3.57. The van der Waals surface area contributed by atoms with Gasteiger partial charge in [0.25, 0.3) is 11.8 Å². The molecule has 2 rings (SSSR count). The number of ether oxygens (including phenoxy) is 3. The van der Waals surface area contributed by atoms with Gasteiger partial charge in [0.15, 0.2) is 11.5 Å². The van der Waals surface area contributed by atoms with Crippen molar-refractivity contribution in [3.05, 3.63) is 53.6 Å². The van der Waals surface area contributed by atoms with Crippen molar-refractivity contribution < 1.29 is 23.8 Å². The van der Waals surface area contributed by atoms with Crippen LogP contribution in [-0.4, -0.2) is 44.9 Å². The van der Waals surface area contributed by atoms with Crippen LogP contribution >= 0.6 is 0 Å². The Balaban J connectivity index is 1.90. The fourth-order valence-corrected chi connectivity index (χ4v) is 2.45. The Hall–Kier alpha value is -3.55. The fraction of sp³-hybridized carbons (Fsp3) is 0.318. The standard InChI is InChI=1S/C22H27N3O5/c1-5-12-30-19-11-6-16(13-20(19)29-4)14-23-25-21(26)15(2)24-22(27)17-7-9-18(28-3)10-8-17/h6-11,13-15H,5,12H2,1-4H3,(H,24,27)(H,25,26). The van der Waals surface area contributed by atoms with E-state index < -0.39 is 11.9 Å². The van der Waals surface area contributed by atoms with Crippen molar-refractivity contribution in [3.63, 3.8) is 0 Å². The average Bonchev–Trinajstić information content (AvgIpc) is 2.77. The Bertz CT molecular complexity index is 881. The summed E-state index contributed by atoms with van der Waals surface area (Å²) in [6, 6.07) is 11.2. The lowest BCUT2D eigenvalue weighted by atomic mass is 10.2. The Morgan fingerprint density at radius 3 is 2.43 bits per heavy atom. The molecular weight excluding hydrogens is 386 g/mol. The number of benzene rings is 2. The number of carbonyl (C=O) groups excluding carboxylic acids is 2. The maximum absolute atomic E-state index is 12.2. The van der Waals surface area contributed by atoms with Crippen LogP contribution in [0.25, 0.3) is 0 Å². The molecule has 8 nitrogen and oxygen atoms in total. The molecule has 0 aliphatic carbocycles. The number of carbonyl (C=O) groups is 2. The van der Waals surface area contributed by atoms with Crippen LogP contribution in [0.1, 0.15) is 36.2 Å². The molecule has 0 saturated carbocycles. The minimum Gasteiger partial charge on any atom is -0.497 e. The van der Waals surface area contributed by atoms with E-state index in [0.29, 0.717) is 29.4 Å². The number of methoxy groups -OCH3 is 2. The van der Waals surface area contributed by atoms with Gasteiger partial charge in [0, 0.05) is 5.56 Å². The first-order chi connectivity index (χ1) is 14.5. The zero-order valence-corrected chi connectivity index (χ0v) is 17.6. The van der Waals surface area contributed by atoms with E-state index >= 15 is 0 Å². The van der Waals surface area contributed by atoms with Crippen molar-refractivity contribution in [1.29, 1.82) is 0 Å². The molecular formula is C22H27N3O5. The molecule has 2 amide bonds. The summed E-state index contributed by atoms with van der Waals surface area (Å²) in [5, 5.41) is 6.57. The third kappa shape index (κ3) is 6.51. The highest BCUT2D eigenvalue weighted by Crippen LogP contribution is 2.27. The monoisotopic (exact) mass is 413 g/mol. The van der Waals surface area contributed by atoms with Crippen LogP contribution in [0, 0.1) is 0 Å². The Morgan fingerprint density at radius 2 is 1.80 bits per heavy atom. The SMILES string of the molecule is CCCOc1ccc(C=NNC(=O)C(C)NC(=O)c2ccc(OC)cc2)cc1OC. The molecule has 160 valence electrons. The highest BCUT2D eigenvalue weighted by Gasteiger charge is 2.16. The number of rotatable bonds is 10. The van der Waals surface area contributed by atoms with Gasteiger partial charge in [-0.25, -0.2) is 5.43 Å². The topological polar surface area (TPSA) is 98.2 Å². The smallest absolute Gasteiger partial charge is 0.262 e. The van der Waals surface area contributed by atoms with Crippen molar-refractivity contribution in [1.82, 2.24) is 10.7 Å². The van der Waals surface area contributed by atoms with E-state index in [2.05, 4.69) is 15.8 Å². The van der Waals surface area contributed by atoms with Crippen LogP contribution in [0.15, 0.2) is 47.6 Å². The molecule has 0 fully saturated rings. The van der Waals surface area contributed by atoms with Crippen LogP contribution < -0.4 is 25.0 Å². The first-order valence-corrected chi connectivity index (χ1v) is 9.57. The molecule has 2 aromatic rings. The molecule has 0 aromatic heterocycles. The molecule has 30 heavy (non-hydrogen) atoms. The minimum absolute atomic E-state index is 0.364. The third-order valence-electron chi connectivity index (χ3n) is 4.13. The number of hydrogen-bond donors (Lipinski definition) is 2. The van der Waals surface area contributed by atoms with Crippen molar-refractivity contribution in [2.45, 2.75) is 26.3 Å². The largest absolute Gasteiger partial charge is 0.497 e. The molecule has 8 heteroatoms. The van der Waals surface area contributed by atoms with Crippen molar-refractivity contribution in [2.75, 3.05) is 20.8 Å². The van der Waals surface area contributed by atoms with E-state index in [1.807, 2.05) is 6.92 Å². The second-order valence-electron chi connectivity index (χ2n) is 6.42. The van der Waals surface area contributed by atoms with Gasteiger partial charge in [0.1, 0.15) is 11.8 Å². The van der Waals surface area contributed by atoms with Crippen molar-refractivity contribution in [2.24, 2.45) is 5.10 Å². The number of hydrogen-bond acceptors (Lipinski definition) is 6. The lowest BCUT2D eigenvalue weighted by Crippen LogP contribution is -2.43. The first kappa shape index (κ1) is 22.7. The van der Waals surface area contributed by atoms with Gasteiger partial charge in [-0.3, -0.25) is 9.59 Å². The van der Waals surface area contributed by atoms with Crippen molar-refractivity contribution >= 4 is 18.0 Å². The summed E-state index contributed by atoms with van der Waals surface area (Å²) in [4.78, 5) is 24.4. The van der Waals surface area contributed by atoms with E-state index in [9.17, 15) is 9.59 Å². The molecule has 0 spiro atoms. The Labute approximate surface area is 176 Å². The first-order valence-electron chi connectivity index (χ1n) is 9.57. The van der Waals surface area contributed by atoms with Crippen LogP contribution in [-0.2, 0) is 4.79 Å². The summed E-state index contributed by atoms with van der Waals surface area (Å²) in [5.74, 6) is 1.07. The van der Waals surface area contributed by atoms with Crippen LogP contribution in [0.3, 0.4) is 0 Å². The highest BCUT2D eigenvalue weighted by atomic mass is 16.5. The lowest BCUT2D eigenvalue weighted by Gasteiger charge is -2.12. The molecule has 1 atom stereocenters. The predicted octanol–water partition coefficient (Wildman–Crippen LogP) is 2.76. The van der Waals surface area contributed by atoms with E-state index in [1.54, 1.807) is 63.6 Å². The zero-order valence-electron chi connectivity index (χ0n) is 17.6. The summed E-state index contributed by atoms with van der Waals surface area (Å²) < 4.78 is 16.0. The summed E-state index contributed by atoms with van der Waals surface area (Å²) in [7, 11) is 3.11. The zero-order chi connectivity index (χ0) is 21.9. The molecule has 0 bridgehead atoms. The van der Waals surface area contributed by atoms with E-state index in [-0.39, 0.29) is 5.91 Å².